The minimum atomic E-state index is -0.312. The van der Waals surface area contributed by atoms with Gasteiger partial charge >= 0.3 is 0 Å². The van der Waals surface area contributed by atoms with Crippen molar-refractivity contribution >= 4 is 10.9 Å². The average molecular weight is 350 g/mol. The van der Waals surface area contributed by atoms with E-state index in [0.29, 0.717) is 40.3 Å². The topological polar surface area (TPSA) is 72.8 Å². The van der Waals surface area contributed by atoms with Crippen molar-refractivity contribution in [3.8, 4) is 17.0 Å². The third-order valence-electron chi connectivity index (χ3n) is 4.03. The van der Waals surface area contributed by atoms with Crippen LogP contribution in [0.25, 0.3) is 22.2 Å². The number of hydrogen-bond donors (Lipinski definition) is 1. The lowest BCUT2D eigenvalue weighted by atomic mass is 10.1. The third-order valence-corrected chi connectivity index (χ3v) is 4.03. The molecule has 0 aliphatic rings. The van der Waals surface area contributed by atoms with Gasteiger partial charge in [-0.05, 0) is 36.4 Å². The number of aromatic amines is 1. The number of halogens is 1. The Morgan fingerprint density at radius 1 is 1.19 bits per heavy atom. The molecule has 2 heterocycles. The molecule has 0 atom stereocenters. The van der Waals surface area contributed by atoms with Crippen LogP contribution in [0.2, 0.25) is 0 Å². The van der Waals surface area contributed by atoms with E-state index >= 15 is 0 Å². The van der Waals surface area contributed by atoms with Gasteiger partial charge in [0.15, 0.2) is 0 Å². The second-order valence-electron chi connectivity index (χ2n) is 5.80. The van der Waals surface area contributed by atoms with Gasteiger partial charge in [0.25, 0.3) is 5.56 Å². The van der Waals surface area contributed by atoms with Crippen LogP contribution in [0.5, 0.6) is 5.75 Å². The van der Waals surface area contributed by atoms with Crippen molar-refractivity contribution in [1.82, 2.24) is 19.7 Å². The van der Waals surface area contributed by atoms with Crippen LogP contribution in [0.1, 0.15) is 5.82 Å². The highest BCUT2D eigenvalue weighted by Gasteiger charge is 2.08. The van der Waals surface area contributed by atoms with Crippen molar-refractivity contribution in [2.75, 3.05) is 7.11 Å². The summed E-state index contributed by atoms with van der Waals surface area (Å²) in [4.78, 5) is 19.5. The number of hydrogen-bond acceptors (Lipinski definition) is 4. The summed E-state index contributed by atoms with van der Waals surface area (Å²) in [5, 5.41) is 4.89. The van der Waals surface area contributed by atoms with E-state index in [0.717, 1.165) is 0 Å². The van der Waals surface area contributed by atoms with Crippen LogP contribution < -0.4 is 10.3 Å². The standard InChI is InChI=1S/C19H15FN4O2/c1-26-14-5-6-17-15(10-14)19(25)22-18(21-17)11-24-8-7-16(23-24)12-3-2-4-13(20)9-12/h2-10H,11H2,1H3,(H,21,22,25). The van der Waals surface area contributed by atoms with Crippen LogP contribution in [0, 0.1) is 5.82 Å². The lowest BCUT2D eigenvalue weighted by Crippen LogP contribution is -2.14. The number of fused-ring (bicyclic) bond motifs is 1. The van der Waals surface area contributed by atoms with Gasteiger partial charge in [0, 0.05) is 11.8 Å². The molecule has 0 saturated heterocycles. The molecule has 0 unspecified atom stereocenters. The molecule has 6 nitrogen and oxygen atoms in total. The Morgan fingerprint density at radius 3 is 2.88 bits per heavy atom. The van der Waals surface area contributed by atoms with Crippen molar-refractivity contribution in [2.24, 2.45) is 0 Å². The first-order chi connectivity index (χ1) is 12.6. The highest BCUT2D eigenvalue weighted by molar-refractivity contribution is 5.79. The monoisotopic (exact) mass is 350 g/mol. The zero-order valence-electron chi connectivity index (χ0n) is 13.9. The molecule has 0 spiro atoms. The smallest absolute Gasteiger partial charge is 0.258 e. The second kappa shape index (κ2) is 6.44. The molecule has 0 bridgehead atoms. The Hall–Kier alpha value is -3.48. The van der Waals surface area contributed by atoms with Gasteiger partial charge < -0.3 is 9.72 Å². The zero-order chi connectivity index (χ0) is 18.1. The maximum absolute atomic E-state index is 13.4. The van der Waals surface area contributed by atoms with Gasteiger partial charge in [-0.15, -0.1) is 0 Å². The number of benzene rings is 2. The molecule has 7 heteroatoms. The van der Waals surface area contributed by atoms with E-state index in [-0.39, 0.29) is 11.4 Å². The molecule has 0 aliphatic carbocycles. The largest absolute Gasteiger partial charge is 0.497 e. The molecule has 26 heavy (non-hydrogen) atoms. The Kier molecular flexibility index (Phi) is 3.96. The van der Waals surface area contributed by atoms with Crippen LogP contribution in [0.15, 0.2) is 59.5 Å². The Morgan fingerprint density at radius 2 is 2.08 bits per heavy atom. The normalized spacial score (nSPS) is 11.0. The number of H-pyrrole nitrogens is 1. The molecule has 4 aromatic rings. The van der Waals surface area contributed by atoms with Gasteiger partial charge in [0.2, 0.25) is 0 Å². The lowest BCUT2D eigenvalue weighted by molar-refractivity contribution is 0.415. The van der Waals surface area contributed by atoms with Crippen molar-refractivity contribution in [3.05, 3.63) is 76.7 Å². The van der Waals surface area contributed by atoms with Crippen LogP contribution in [-0.4, -0.2) is 26.9 Å². The Labute approximate surface area is 147 Å². The average Bonchev–Trinajstić information content (AvgIpc) is 3.10. The molecular weight excluding hydrogens is 335 g/mol. The van der Waals surface area contributed by atoms with Gasteiger partial charge in [-0.2, -0.15) is 5.10 Å². The maximum atomic E-state index is 13.4. The summed E-state index contributed by atoms with van der Waals surface area (Å²) < 4.78 is 20.1. The number of rotatable bonds is 4. The van der Waals surface area contributed by atoms with E-state index in [9.17, 15) is 9.18 Å². The maximum Gasteiger partial charge on any atom is 0.258 e. The summed E-state index contributed by atoms with van der Waals surface area (Å²) >= 11 is 0. The van der Waals surface area contributed by atoms with Crippen molar-refractivity contribution in [2.45, 2.75) is 6.54 Å². The van der Waals surface area contributed by atoms with Crippen molar-refractivity contribution in [3.63, 3.8) is 0 Å². The summed E-state index contributed by atoms with van der Waals surface area (Å²) in [6.07, 6.45) is 1.76. The predicted octanol–water partition coefficient (Wildman–Crippen LogP) is 2.98. The van der Waals surface area contributed by atoms with Crippen molar-refractivity contribution in [1.29, 1.82) is 0 Å². The minimum Gasteiger partial charge on any atom is -0.497 e. The summed E-state index contributed by atoms with van der Waals surface area (Å²) in [6, 6.07) is 13.2. The van der Waals surface area contributed by atoms with E-state index < -0.39 is 0 Å². The van der Waals surface area contributed by atoms with Crippen molar-refractivity contribution < 1.29 is 9.13 Å². The fourth-order valence-electron chi connectivity index (χ4n) is 2.77. The van der Waals surface area contributed by atoms with Gasteiger partial charge in [-0.1, -0.05) is 12.1 Å². The summed E-state index contributed by atoms with van der Waals surface area (Å²) in [6.45, 7) is 0.298. The predicted molar refractivity (Wildman–Crippen MR) is 95.6 cm³/mol. The van der Waals surface area contributed by atoms with Crippen LogP contribution in [0.3, 0.4) is 0 Å². The first-order valence-electron chi connectivity index (χ1n) is 7.99. The second-order valence-corrected chi connectivity index (χ2v) is 5.80. The van der Waals surface area contributed by atoms with E-state index in [2.05, 4.69) is 15.1 Å². The van der Waals surface area contributed by atoms with Crippen LogP contribution in [0.4, 0.5) is 4.39 Å². The minimum absolute atomic E-state index is 0.235. The Bertz CT molecular complexity index is 1150. The molecule has 2 aromatic carbocycles. The molecule has 2 aromatic heterocycles. The fourth-order valence-corrected chi connectivity index (χ4v) is 2.77. The molecular formula is C19H15FN4O2. The molecule has 0 saturated carbocycles. The summed E-state index contributed by atoms with van der Waals surface area (Å²) in [5.41, 5.74) is 1.69. The summed E-state index contributed by atoms with van der Waals surface area (Å²) in [5.74, 6) is 0.777. The van der Waals surface area contributed by atoms with E-state index in [1.165, 1.54) is 12.1 Å². The molecule has 130 valence electrons. The quantitative estimate of drug-likeness (QED) is 0.614. The third kappa shape index (κ3) is 3.06. The SMILES string of the molecule is COc1ccc2nc(Cn3ccc(-c4cccc(F)c4)n3)[nH]c(=O)c2c1. The van der Waals surface area contributed by atoms with E-state index in [4.69, 9.17) is 4.74 Å². The summed E-state index contributed by atoms with van der Waals surface area (Å²) in [7, 11) is 1.55. The molecule has 4 rings (SSSR count). The number of nitrogens with zero attached hydrogens (tertiary/aromatic N) is 3. The Balaban J connectivity index is 1.64. The van der Waals surface area contributed by atoms with E-state index in [1.807, 2.05) is 0 Å². The van der Waals surface area contributed by atoms with Gasteiger partial charge in [-0.25, -0.2) is 9.37 Å². The number of nitrogens with one attached hydrogen (secondary N) is 1. The zero-order valence-corrected chi connectivity index (χ0v) is 13.9. The van der Waals surface area contributed by atoms with E-state index in [1.54, 1.807) is 54.4 Å². The molecule has 0 fully saturated rings. The number of methoxy groups -OCH3 is 1. The highest BCUT2D eigenvalue weighted by Crippen LogP contribution is 2.19. The molecule has 0 aliphatic heterocycles. The first-order valence-corrected chi connectivity index (χ1v) is 7.99. The first kappa shape index (κ1) is 16.0. The van der Waals surface area contributed by atoms with Gasteiger partial charge in [0.05, 0.1) is 30.3 Å². The fraction of sp³-hybridized carbons (Fsp3) is 0.105. The lowest BCUT2D eigenvalue weighted by Gasteiger charge is -2.05. The number of ether oxygens (including phenoxy) is 1. The van der Waals surface area contributed by atoms with Crippen LogP contribution >= 0.6 is 0 Å². The number of aromatic nitrogens is 4. The van der Waals surface area contributed by atoms with Gasteiger partial charge in [0.1, 0.15) is 17.4 Å². The van der Waals surface area contributed by atoms with Gasteiger partial charge in [-0.3, -0.25) is 9.48 Å². The van der Waals surface area contributed by atoms with Crippen LogP contribution in [-0.2, 0) is 6.54 Å². The molecule has 0 radical (unpaired) electrons. The molecule has 0 amide bonds. The highest BCUT2D eigenvalue weighted by atomic mass is 19.1. The molecule has 1 N–H and O–H groups in total.